The number of halogens is 1. The van der Waals surface area contributed by atoms with E-state index in [9.17, 15) is 4.79 Å². The average molecular weight is 312 g/mol. The molecule has 116 valence electrons. The maximum Gasteiger partial charge on any atom is 0.410 e. The number of pyridine rings is 1. The van der Waals surface area contributed by atoms with Gasteiger partial charge in [-0.2, -0.15) is 0 Å². The van der Waals surface area contributed by atoms with Crippen molar-refractivity contribution in [1.29, 1.82) is 0 Å². The SMILES string of the molecule is CC(C)(C)OC(=O)N1CCCC1CNc1cnccc1Cl. The first-order valence-electron chi connectivity index (χ1n) is 7.20. The van der Waals surface area contributed by atoms with Crippen LogP contribution in [0.5, 0.6) is 0 Å². The Morgan fingerprint density at radius 1 is 1.57 bits per heavy atom. The summed E-state index contributed by atoms with van der Waals surface area (Å²) in [4.78, 5) is 18.0. The first-order valence-corrected chi connectivity index (χ1v) is 7.57. The number of aromatic nitrogens is 1. The monoisotopic (exact) mass is 311 g/mol. The summed E-state index contributed by atoms with van der Waals surface area (Å²) in [6, 6.07) is 1.86. The second kappa shape index (κ2) is 6.52. The van der Waals surface area contributed by atoms with Gasteiger partial charge in [0, 0.05) is 19.3 Å². The Bertz CT molecular complexity index is 502. The third kappa shape index (κ3) is 4.49. The molecular weight excluding hydrogens is 290 g/mol. The molecule has 1 fully saturated rings. The lowest BCUT2D eigenvalue weighted by molar-refractivity contribution is 0.0235. The molecule has 5 nitrogen and oxygen atoms in total. The Hall–Kier alpha value is -1.49. The lowest BCUT2D eigenvalue weighted by atomic mass is 10.2. The Labute approximate surface area is 130 Å². The second-order valence-corrected chi connectivity index (χ2v) is 6.61. The minimum absolute atomic E-state index is 0.121. The molecule has 1 N–H and O–H groups in total. The van der Waals surface area contributed by atoms with Crippen LogP contribution in [0.3, 0.4) is 0 Å². The minimum Gasteiger partial charge on any atom is -0.444 e. The highest BCUT2D eigenvalue weighted by Crippen LogP contribution is 2.23. The second-order valence-electron chi connectivity index (χ2n) is 6.21. The maximum atomic E-state index is 12.2. The molecule has 1 atom stereocenters. The van der Waals surface area contributed by atoms with E-state index in [1.165, 1.54) is 0 Å². The van der Waals surface area contributed by atoms with Crippen LogP contribution in [0.4, 0.5) is 10.5 Å². The van der Waals surface area contributed by atoms with Gasteiger partial charge in [0.1, 0.15) is 5.60 Å². The molecular formula is C15H22ClN3O2. The summed E-state index contributed by atoms with van der Waals surface area (Å²) in [7, 11) is 0. The third-order valence-electron chi connectivity index (χ3n) is 3.30. The highest BCUT2D eigenvalue weighted by Gasteiger charge is 2.31. The number of carbonyl (C=O) groups excluding carboxylic acids is 1. The smallest absolute Gasteiger partial charge is 0.410 e. The van der Waals surface area contributed by atoms with Gasteiger partial charge in [0.15, 0.2) is 0 Å². The van der Waals surface area contributed by atoms with Gasteiger partial charge in [0.05, 0.1) is 22.9 Å². The Kier molecular flexibility index (Phi) is 4.93. The number of rotatable bonds is 3. The van der Waals surface area contributed by atoms with Gasteiger partial charge in [-0.15, -0.1) is 0 Å². The average Bonchev–Trinajstić information content (AvgIpc) is 2.84. The van der Waals surface area contributed by atoms with Gasteiger partial charge >= 0.3 is 6.09 Å². The first-order chi connectivity index (χ1) is 9.87. The Morgan fingerprint density at radius 2 is 2.33 bits per heavy atom. The fraction of sp³-hybridized carbons (Fsp3) is 0.600. The van der Waals surface area contributed by atoms with Gasteiger partial charge < -0.3 is 15.0 Å². The number of hydrogen-bond donors (Lipinski definition) is 1. The zero-order chi connectivity index (χ0) is 15.5. The summed E-state index contributed by atoms with van der Waals surface area (Å²) in [5.74, 6) is 0. The van der Waals surface area contributed by atoms with Crippen LogP contribution in [0.25, 0.3) is 0 Å². The van der Waals surface area contributed by atoms with Crippen molar-refractivity contribution in [2.75, 3.05) is 18.4 Å². The van der Waals surface area contributed by atoms with Crippen molar-refractivity contribution in [1.82, 2.24) is 9.88 Å². The van der Waals surface area contributed by atoms with E-state index >= 15 is 0 Å². The normalized spacial score (nSPS) is 18.7. The highest BCUT2D eigenvalue weighted by molar-refractivity contribution is 6.33. The zero-order valence-electron chi connectivity index (χ0n) is 12.7. The Morgan fingerprint density at radius 3 is 3.00 bits per heavy atom. The fourth-order valence-corrected chi connectivity index (χ4v) is 2.52. The van der Waals surface area contributed by atoms with Gasteiger partial charge in [0.25, 0.3) is 0 Å². The van der Waals surface area contributed by atoms with E-state index < -0.39 is 5.60 Å². The van der Waals surface area contributed by atoms with Crippen LogP contribution in [0.2, 0.25) is 5.02 Å². The molecule has 2 rings (SSSR count). The van der Waals surface area contributed by atoms with Crippen molar-refractivity contribution >= 4 is 23.4 Å². The summed E-state index contributed by atoms with van der Waals surface area (Å²) in [5.41, 5.74) is 0.319. The van der Waals surface area contributed by atoms with E-state index in [0.29, 0.717) is 11.6 Å². The molecule has 21 heavy (non-hydrogen) atoms. The topological polar surface area (TPSA) is 54.5 Å². The number of carbonyl (C=O) groups is 1. The Balaban J connectivity index is 1.93. The number of ether oxygens (including phenoxy) is 1. The molecule has 6 heteroatoms. The predicted octanol–water partition coefficient (Wildman–Crippen LogP) is 3.55. The largest absolute Gasteiger partial charge is 0.444 e. The molecule has 1 aromatic heterocycles. The van der Waals surface area contributed by atoms with Crippen molar-refractivity contribution < 1.29 is 9.53 Å². The highest BCUT2D eigenvalue weighted by atomic mass is 35.5. The molecule has 0 aromatic carbocycles. The standard InChI is InChI=1S/C15H22ClN3O2/c1-15(2,3)21-14(20)19-8-4-5-11(19)9-18-13-10-17-7-6-12(13)16/h6-7,10-11,18H,4-5,8-9H2,1-3H3. The number of nitrogens with one attached hydrogen (secondary N) is 1. The van der Waals surface area contributed by atoms with E-state index in [4.69, 9.17) is 16.3 Å². The van der Waals surface area contributed by atoms with Gasteiger partial charge in [0.2, 0.25) is 0 Å². The maximum absolute atomic E-state index is 12.2. The minimum atomic E-state index is -0.468. The van der Waals surface area contributed by atoms with Crippen LogP contribution in [0.15, 0.2) is 18.5 Å². The number of amides is 1. The zero-order valence-corrected chi connectivity index (χ0v) is 13.5. The molecule has 0 radical (unpaired) electrons. The van der Waals surface area contributed by atoms with E-state index in [1.807, 2.05) is 20.8 Å². The molecule has 0 saturated carbocycles. The molecule has 0 aliphatic carbocycles. The first kappa shape index (κ1) is 15.9. The van der Waals surface area contributed by atoms with E-state index in [0.717, 1.165) is 25.1 Å². The quantitative estimate of drug-likeness (QED) is 0.927. The molecule has 1 aromatic rings. The fourth-order valence-electron chi connectivity index (χ4n) is 2.34. The van der Waals surface area contributed by atoms with Crippen LogP contribution >= 0.6 is 11.6 Å². The van der Waals surface area contributed by atoms with Crippen molar-refractivity contribution in [3.63, 3.8) is 0 Å². The molecule has 1 aliphatic rings. The lowest BCUT2D eigenvalue weighted by Gasteiger charge is -2.29. The van der Waals surface area contributed by atoms with Crippen molar-refractivity contribution in [2.24, 2.45) is 0 Å². The number of nitrogens with zero attached hydrogens (tertiary/aromatic N) is 2. The summed E-state index contributed by atoms with van der Waals surface area (Å²) < 4.78 is 5.45. The molecule has 2 heterocycles. The van der Waals surface area contributed by atoms with Crippen LogP contribution in [-0.4, -0.2) is 40.7 Å². The predicted molar refractivity (Wildman–Crippen MR) is 83.7 cm³/mol. The van der Waals surface area contributed by atoms with Gasteiger partial charge in [-0.1, -0.05) is 11.6 Å². The molecule has 0 bridgehead atoms. The van der Waals surface area contributed by atoms with Crippen molar-refractivity contribution in [3.05, 3.63) is 23.5 Å². The van der Waals surface area contributed by atoms with Crippen molar-refractivity contribution in [3.8, 4) is 0 Å². The van der Waals surface area contributed by atoms with Crippen molar-refractivity contribution in [2.45, 2.75) is 45.3 Å². The summed E-state index contributed by atoms with van der Waals surface area (Å²) in [5, 5.41) is 3.89. The number of likely N-dealkylation sites (tertiary alicyclic amines) is 1. The molecule has 1 unspecified atom stereocenters. The van der Waals surface area contributed by atoms with E-state index in [2.05, 4.69) is 10.3 Å². The lowest BCUT2D eigenvalue weighted by Crippen LogP contribution is -2.42. The number of anilines is 1. The molecule has 1 saturated heterocycles. The van der Waals surface area contributed by atoms with Gasteiger partial charge in [-0.25, -0.2) is 4.79 Å². The molecule has 1 aliphatic heterocycles. The molecule has 1 amide bonds. The van der Waals surface area contributed by atoms with Crippen LogP contribution in [-0.2, 0) is 4.74 Å². The summed E-state index contributed by atoms with van der Waals surface area (Å²) >= 11 is 6.09. The van der Waals surface area contributed by atoms with Crippen LogP contribution in [0.1, 0.15) is 33.6 Å². The van der Waals surface area contributed by atoms with E-state index in [1.54, 1.807) is 23.4 Å². The molecule has 0 spiro atoms. The third-order valence-corrected chi connectivity index (χ3v) is 3.63. The number of hydrogen-bond acceptors (Lipinski definition) is 4. The summed E-state index contributed by atoms with van der Waals surface area (Å²) in [6.07, 6.45) is 5.05. The summed E-state index contributed by atoms with van der Waals surface area (Å²) in [6.45, 7) is 7.02. The van der Waals surface area contributed by atoms with Crippen LogP contribution < -0.4 is 5.32 Å². The van der Waals surface area contributed by atoms with Gasteiger partial charge in [-0.05, 0) is 39.7 Å². The van der Waals surface area contributed by atoms with Gasteiger partial charge in [-0.3, -0.25) is 4.98 Å². The van der Waals surface area contributed by atoms with E-state index in [-0.39, 0.29) is 12.1 Å². The van der Waals surface area contributed by atoms with Crippen LogP contribution in [0, 0.1) is 0 Å².